The van der Waals surface area contributed by atoms with Crippen molar-refractivity contribution in [3.63, 3.8) is 0 Å². The first-order valence-corrected chi connectivity index (χ1v) is 16.4. The van der Waals surface area contributed by atoms with E-state index < -0.39 is 17.7 Å². The number of hydrogen-bond acceptors (Lipinski definition) is 8. The third-order valence-corrected chi connectivity index (χ3v) is 9.75. The molecule has 8 nitrogen and oxygen atoms in total. The number of carbonyl (C=O) groups is 2. The zero-order chi connectivity index (χ0) is 31.3. The van der Waals surface area contributed by atoms with E-state index in [-0.39, 0.29) is 30.2 Å². The van der Waals surface area contributed by atoms with Gasteiger partial charge in [-0.2, -0.15) is 0 Å². The molecule has 3 aliphatic heterocycles. The number of fused-ring (bicyclic) bond motifs is 3. The van der Waals surface area contributed by atoms with Crippen LogP contribution in [0.3, 0.4) is 0 Å². The van der Waals surface area contributed by atoms with E-state index >= 15 is 0 Å². The Bertz CT molecular complexity index is 1740. The first kappa shape index (κ1) is 29.8. The highest BCUT2D eigenvalue weighted by molar-refractivity contribution is 5.98. The zero-order valence-corrected chi connectivity index (χ0v) is 26.3. The molecule has 0 bridgehead atoms. The third-order valence-electron chi connectivity index (χ3n) is 9.75. The largest absolute Gasteiger partial charge is 0.489 e. The molecule has 45 heavy (non-hydrogen) atoms. The predicted molar refractivity (Wildman–Crippen MR) is 169 cm³/mol. The van der Waals surface area contributed by atoms with Gasteiger partial charge in [0.25, 0.3) is 0 Å². The molecule has 0 amide bonds. The molecule has 1 N–H and O–H groups in total. The average molecular weight is 612 g/mol. The maximum atomic E-state index is 13.4. The Hall–Kier alpha value is -3.91. The molecule has 0 saturated heterocycles. The van der Waals surface area contributed by atoms with Gasteiger partial charge in [0.15, 0.2) is 0 Å². The van der Waals surface area contributed by atoms with E-state index in [0.29, 0.717) is 49.5 Å². The summed E-state index contributed by atoms with van der Waals surface area (Å²) in [7, 11) is 0. The molecule has 0 radical (unpaired) electrons. The van der Waals surface area contributed by atoms with Crippen molar-refractivity contribution in [1.29, 1.82) is 0 Å². The van der Waals surface area contributed by atoms with Crippen LogP contribution in [0.5, 0.6) is 17.2 Å². The number of ether oxygens (including phenoxy) is 4. The Labute approximate surface area is 263 Å². The Morgan fingerprint density at radius 2 is 1.91 bits per heavy atom. The summed E-state index contributed by atoms with van der Waals surface area (Å²) in [6, 6.07) is 7.94. The van der Waals surface area contributed by atoms with Crippen LogP contribution in [0.1, 0.15) is 94.7 Å². The molecule has 7 rings (SSSR count). The van der Waals surface area contributed by atoms with Gasteiger partial charge in [-0.15, -0.1) is 0 Å². The molecule has 3 heterocycles. The molecule has 2 atom stereocenters. The lowest BCUT2D eigenvalue weighted by Crippen LogP contribution is -2.39. The topological polar surface area (TPSA) is 104 Å². The number of rotatable bonds is 6. The summed E-state index contributed by atoms with van der Waals surface area (Å²) in [6.45, 7) is 6.14. The molecule has 0 aromatic heterocycles. The fourth-order valence-corrected chi connectivity index (χ4v) is 7.27. The lowest BCUT2D eigenvalue weighted by atomic mass is 9.77. The van der Waals surface area contributed by atoms with Crippen molar-refractivity contribution in [3.8, 4) is 17.2 Å². The van der Waals surface area contributed by atoms with E-state index in [9.17, 15) is 14.7 Å². The summed E-state index contributed by atoms with van der Waals surface area (Å²) in [5.74, 6) is 1.22. The summed E-state index contributed by atoms with van der Waals surface area (Å²) in [4.78, 5) is 31.0. The van der Waals surface area contributed by atoms with Crippen molar-refractivity contribution < 1.29 is 33.6 Å². The highest BCUT2D eigenvalue weighted by Crippen LogP contribution is 2.53. The smallest absolute Gasteiger partial charge is 0.374 e. The second-order valence-electron chi connectivity index (χ2n) is 13.3. The van der Waals surface area contributed by atoms with Crippen LogP contribution >= 0.6 is 0 Å². The van der Waals surface area contributed by atoms with Gasteiger partial charge in [0, 0.05) is 30.4 Å². The molecule has 2 aliphatic carbocycles. The molecule has 2 saturated carbocycles. The summed E-state index contributed by atoms with van der Waals surface area (Å²) in [6.07, 6.45) is 10.8. The number of nitrogens with zero attached hydrogens (tertiary/aromatic N) is 1. The molecule has 2 fully saturated rings. The van der Waals surface area contributed by atoms with Crippen LogP contribution < -0.4 is 24.8 Å². The van der Waals surface area contributed by atoms with E-state index in [0.717, 1.165) is 64.1 Å². The molecule has 2 aromatic rings. The lowest BCUT2D eigenvalue weighted by molar-refractivity contribution is -0.141. The average Bonchev–Trinajstić information content (AvgIpc) is 3.68. The fraction of sp³-hybridized carbons (Fsp3) is 0.486. The highest BCUT2D eigenvalue weighted by Gasteiger charge is 2.41. The van der Waals surface area contributed by atoms with Crippen LogP contribution in [0.25, 0.3) is 11.6 Å². The Morgan fingerprint density at radius 3 is 2.69 bits per heavy atom. The van der Waals surface area contributed by atoms with Crippen molar-refractivity contribution in [2.24, 2.45) is 4.99 Å². The molecular weight excluding hydrogens is 570 g/mol. The van der Waals surface area contributed by atoms with Crippen LogP contribution in [0.2, 0.25) is 0 Å². The molecule has 236 valence electrons. The highest BCUT2D eigenvalue weighted by atomic mass is 16.6. The van der Waals surface area contributed by atoms with Crippen molar-refractivity contribution in [2.45, 2.75) is 102 Å². The molecule has 8 heteroatoms. The molecule has 5 aliphatic rings. The minimum Gasteiger partial charge on any atom is -0.489 e. The van der Waals surface area contributed by atoms with Gasteiger partial charge in [-0.05, 0) is 93.9 Å². The van der Waals surface area contributed by atoms with Crippen LogP contribution in [-0.4, -0.2) is 47.8 Å². The van der Waals surface area contributed by atoms with Gasteiger partial charge >= 0.3 is 5.97 Å². The van der Waals surface area contributed by atoms with Crippen LogP contribution in [0.4, 0.5) is 0 Å². The molecule has 0 unspecified atom stereocenters. The number of aliphatic hydroxyl groups is 1. The first-order valence-electron chi connectivity index (χ1n) is 16.4. The number of Topliss-reactive ketones (excluding diaryl/α,β-unsaturated/α-hetero) is 1. The summed E-state index contributed by atoms with van der Waals surface area (Å²) in [5, 5.41) is 12.9. The SMILES string of the molecule is CCOC(=O)C1=C/C(=C2\CCC(=O)[C@H](c3ccc4c(c3)=CCN=4)C2)c2c(cc3c(c2OC2CCCCC2)C[C@@H](C(C)(C)O)O3)O1. The lowest BCUT2D eigenvalue weighted by Gasteiger charge is -2.31. The minimum atomic E-state index is -1.07. The summed E-state index contributed by atoms with van der Waals surface area (Å²) in [5.41, 5.74) is 3.53. The van der Waals surface area contributed by atoms with E-state index in [1.54, 1.807) is 26.8 Å². The van der Waals surface area contributed by atoms with Crippen LogP contribution in [0, 0.1) is 0 Å². The van der Waals surface area contributed by atoms with E-state index in [1.807, 2.05) is 18.2 Å². The summed E-state index contributed by atoms with van der Waals surface area (Å²) < 4.78 is 24.8. The van der Waals surface area contributed by atoms with Crippen LogP contribution in [0.15, 0.2) is 46.7 Å². The van der Waals surface area contributed by atoms with Crippen molar-refractivity contribution in [3.05, 3.63) is 68.9 Å². The zero-order valence-electron chi connectivity index (χ0n) is 26.3. The predicted octanol–water partition coefficient (Wildman–Crippen LogP) is 5.02. The van der Waals surface area contributed by atoms with Crippen LogP contribution in [-0.2, 0) is 20.7 Å². The van der Waals surface area contributed by atoms with Crippen molar-refractivity contribution in [2.75, 3.05) is 13.2 Å². The maximum Gasteiger partial charge on any atom is 0.374 e. The molecule has 0 spiro atoms. The monoisotopic (exact) mass is 611 g/mol. The number of carbonyl (C=O) groups excluding carboxylic acids is 2. The Kier molecular flexibility index (Phi) is 7.80. The first-order chi connectivity index (χ1) is 21.7. The number of esters is 1. The Balaban J connectivity index is 1.38. The van der Waals surface area contributed by atoms with Gasteiger partial charge in [-0.3, -0.25) is 9.79 Å². The quantitative estimate of drug-likeness (QED) is 0.458. The standard InChI is InChI=1S/C37H41NO7/c1-4-42-36(40)32-18-26(22-11-13-29(39)25(17-22)21-10-12-28-23(16-21)14-15-38-28)34-31(44-32)20-30-27(19-33(45-30)37(2,3)41)35(34)43-24-8-6-5-7-9-24/h10,12,14,16,18,20,24-25,33,41H,4-9,11,13,15,17,19H2,1-3H3/b26-22-/t25-,33-/m0/s1. The van der Waals surface area contributed by atoms with Gasteiger partial charge in [0.1, 0.15) is 29.1 Å². The second kappa shape index (κ2) is 11.8. The van der Waals surface area contributed by atoms with Crippen molar-refractivity contribution in [1.82, 2.24) is 0 Å². The van der Waals surface area contributed by atoms with Gasteiger partial charge in [-0.1, -0.05) is 24.1 Å². The molecular formula is C37H41NO7. The van der Waals surface area contributed by atoms with E-state index in [4.69, 9.17) is 18.9 Å². The second-order valence-corrected chi connectivity index (χ2v) is 13.3. The van der Waals surface area contributed by atoms with Gasteiger partial charge in [0.2, 0.25) is 5.76 Å². The fourth-order valence-electron chi connectivity index (χ4n) is 7.27. The summed E-state index contributed by atoms with van der Waals surface area (Å²) >= 11 is 0. The van der Waals surface area contributed by atoms with E-state index in [2.05, 4.69) is 17.1 Å². The maximum absolute atomic E-state index is 13.4. The van der Waals surface area contributed by atoms with Crippen molar-refractivity contribution >= 4 is 23.4 Å². The number of ketones is 1. The third kappa shape index (κ3) is 5.69. The number of allylic oxidation sites excluding steroid dienone is 3. The Morgan fingerprint density at radius 1 is 1.09 bits per heavy atom. The normalized spacial score (nSPS) is 24.3. The number of hydrogen-bond donors (Lipinski definition) is 1. The van der Waals surface area contributed by atoms with E-state index in [1.165, 1.54) is 6.42 Å². The number of benzene rings is 2. The van der Waals surface area contributed by atoms with Gasteiger partial charge < -0.3 is 24.1 Å². The van der Waals surface area contributed by atoms with Gasteiger partial charge in [0.05, 0.1) is 35.8 Å². The van der Waals surface area contributed by atoms with Gasteiger partial charge in [-0.25, -0.2) is 4.79 Å². The molecule has 2 aromatic carbocycles. The minimum absolute atomic E-state index is 0.0472.